The number of aromatic hydroxyl groups is 1. The molecule has 3 rings (SSSR count). The van der Waals surface area contributed by atoms with E-state index in [0.717, 1.165) is 27.4 Å². The fourth-order valence-electron chi connectivity index (χ4n) is 2.04. The van der Waals surface area contributed by atoms with Gasteiger partial charge >= 0.3 is 43.0 Å². The predicted molar refractivity (Wildman–Crippen MR) is 83.5 cm³/mol. The summed E-state index contributed by atoms with van der Waals surface area (Å²) in [5.74, 6) is 0.293. The number of pyridine rings is 1. The van der Waals surface area contributed by atoms with E-state index >= 15 is 0 Å². The first-order valence-electron chi connectivity index (χ1n) is 5.61. The number of phenolic OH excluding ortho intramolecular Hbond substituents is 1. The molecular formula is C14H11Br2NOZr. The quantitative estimate of drug-likeness (QED) is 0.475. The maximum absolute atomic E-state index is 9.92. The van der Waals surface area contributed by atoms with Crippen molar-refractivity contribution >= 4 is 46.1 Å². The Morgan fingerprint density at radius 3 is 2.37 bits per heavy atom. The monoisotopic (exact) mass is 457 g/mol. The molecule has 2 nitrogen and oxygen atoms in total. The van der Waals surface area contributed by atoms with Crippen molar-refractivity contribution in [1.82, 2.24) is 4.98 Å². The average Bonchev–Trinajstić information content (AvgIpc) is 2.39. The summed E-state index contributed by atoms with van der Waals surface area (Å²) in [7, 11) is 0. The van der Waals surface area contributed by atoms with E-state index in [-0.39, 0.29) is 18.5 Å². The van der Waals surface area contributed by atoms with Gasteiger partial charge < -0.3 is 5.11 Å². The molecule has 0 aliphatic rings. The second-order valence-electron chi connectivity index (χ2n) is 4.04. The SMILES string of the molecule is Cc1ccc2ccc3cccc(O)c3c2n1.[Br][Zr][Br]. The number of nitrogens with zero attached hydrogens (tertiary/aromatic N) is 1. The van der Waals surface area contributed by atoms with Gasteiger partial charge in [-0.05, 0) is 24.4 Å². The predicted octanol–water partition coefficient (Wildman–Crippen LogP) is 5.09. The van der Waals surface area contributed by atoms with Crippen LogP contribution in [0.15, 0.2) is 42.5 Å². The molecule has 1 aromatic heterocycles. The number of hydrogen-bond acceptors (Lipinski definition) is 2. The van der Waals surface area contributed by atoms with Gasteiger partial charge in [-0.25, -0.2) is 0 Å². The van der Waals surface area contributed by atoms with Crippen LogP contribution in [0.1, 0.15) is 5.69 Å². The zero-order chi connectivity index (χ0) is 13.8. The van der Waals surface area contributed by atoms with Gasteiger partial charge in [0.25, 0.3) is 0 Å². The normalized spacial score (nSPS) is 10.1. The summed E-state index contributed by atoms with van der Waals surface area (Å²) >= 11 is 6.32. The summed E-state index contributed by atoms with van der Waals surface area (Å²) in [5, 5.41) is 12.8. The number of aryl methyl sites for hydroxylation is 1. The van der Waals surface area contributed by atoms with Gasteiger partial charge in [-0.3, -0.25) is 4.98 Å². The zero-order valence-electron chi connectivity index (χ0n) is 10.2. The van der Waals surface area contributed by atoms with E-state index in [9.17, 15) is 5.11 Å². The van der Waals surface area contributed by atoms with E-state index in [1.807, 2.05) is 43.3 Å². The molecule has 0 saturated heterocycles. The van der Waals surface area contributed by atoms with E-state index in [2.05, 4.69) is 29.4 Å². The fourth-order valence-corrected chi connectivity index (χ4v) is 2.04. The molecule has 0 aliphatic carbocycles. The van der Waals surface area contributed by atoms with Crippen LogP contribution in [0.4, 0.5) is 0 Å². The number of benzene rings is 2. The number of halogens is 2. The van der Waals surface area contributed by atoms with Gasteiger partial charge in [0.15, 0.2) is 0 Å². The topological polar surface area (TPSA) is 33.1 Å². The van der Waals surface area contributed by atoms with Gasteiger partial charge in [0.2, 0.25) is 0 Å². The molecule has 0 fully saturated rings. The molecular weight excluding hydrogens is 449 g/mol. The van der Waals surface area contributed by atoms with Crippen LogP contribution < -0.4 is 0 Å². The van der Waals surface area contributed by atoms with Crippen LogP contribution in [-0.4, -0.2) is 10.1 Å². The Morgan fingerprint density at radius 2 is 1.63 bits per heavy atom. The van der Waals surface area contributed by atoms with Crippen LogP contribution in [0.5, 0.6) is 5.75 Å². The number of hydrogen-bond donors (Lipinski definition) is 1. The molecule has 0 atom stereocenters. The second-order valence-corrected chi connectivity index (χ2v) is 15.4. The minimum atomic E-state index is -0.145. The summed E-state index contributed by atoms with van der Waals surface area (Å²) < 4.78 is 0. The fraction of sp³-hybridized carbons (Fsp3) is 0.0714. The molecule has 96 valence electrons. The van der Waals surface area contributed by atoms with Gasteiger partial charge in [0.1, 0.15) is 5.75 Å². The molecule has 2 aromatic carbocycles. The van der Waals surface area contributed by atoms with Gasteiger partial charge in [-0.15, -0.1) is 0 Å². The van der Waals surface area contributed by atoms with Crippen LogP contribution in [0, 0.1) is 6.92 Å². The third kappa shape index (κ3) is 3.45. The molecule has 0 radical (unpaired) electrons. The third-order valence-corrected chi connectivity index (χ3v) is 2.82. The van der Waals surface area contributed by atoms with Crippen molar-refractivity contribution in [3.05, 3.63) is 48.2 Å². The first-order valence-corrected chi connectivity index (χ1v) is 16.9. The maximum atomic E-state index is 9.92. The standard InChI is InChI=1S/C14H11NO.2BrH.Zr/c1-9-5-6-11-8-7-10-3-2-4-12(16)13(10)14(11)15-9;;;/h2-8,16H,1H3;2*1H;/q;;;+2/p-2. The molecule has 0 aliphatic heterocycles. The van der Waals surface area contributed by atoms with Crippen LogP contribution in [-0.2, 0) is 18.5 Å². The molecule has 0 bridgehead atoms. The van der Waals surface area contributed by atoms with E-state index in [0.29, 0.717) is 5.75 Å². The van der Waals surface area contributed by atoms with E-state index < -0.39 is 0 Å². The van der Waals surface area contributed by atoms with Gasteiger partial charge in [0, 0.05) is 16.5 Å². The molecule has 0 saturated carbocycles. The van der Waals surface area contributed by atoms with Crippen LogP contribution >= 0.6 is 24.4 Å². The Labute approximate surface area is 134 Å². The van der Waals surface area contributed by atoms with Gasteiger partial charge in [-0.2, -0.15) is 0 Å². The number of rotatable bonds is 0. The Bertz CT molecular complexity index is 718. The first kappa shape index (κ1) is 15.1. The Hall–Kier alpha value is -0.247. The number of fused-ring (bicyclic) bond motifs is 3. The second kappa shape index (κ2) is 6.96. The first-order chi connectivity index (χ1) is 9.17. The van der Waals surface area contributed by atoms with Crippen molar-refractivity contribution in [3.63, 3.8) is 0 Å². The number of aromatic nitrogens is 1. The van der Waals surface area contributed by atoms with Crippen molar-refractivity contribution < 1.29 is 23.6 Å². The molecule has 0 unspecified atom stereocenters. The molecule has 0 spiro atoms. The Morgan fingerprint density at radius 1 is 1.00 bits per heavy atom. The van der Waals surface area contributed by atoms with Crippen molar-refractivity contribution in [2.24, 2.45) is 0 Å². The average molecular weight is 460 g/mol. The van der Waals surface area contributed by atoms with Gasteiger partial charge in [-0.1, -0.05) is 30.3 Å². The summed E-state index contributed by atoms with van der Waals surface area (Å²) in [5.41, 5.74) is 1.83. The summed E-state index contributed by atoms with van der Waals surface area (Å²) in [6.07, 6.45) is 0. The van der Waals surface area contributed by atoms with Crippen molar-refractivity contribution in [1.29, 1.82) is 0 Å². The van der Waals surface area contributed by atoms with E-state index in [1.165, 1.54) is 0 Å². The van der Waals surface area contributed by atoms with Crippen LogP contribution in [0.3, 0.4) is 0 Å². The molecule has 3 aromatic rings. The Balaban J connectivity index is 0.000000408. The molecule has 0 amide bonds. The summed E-state index contributed by atoms with van der Waals surface area (Å²) in [6.45, 7) is 1.96. The van der Waals surface area contributed by atoms with Crippen LogP contribution in [0.2, 0.25) is 0 Å². The molecule has 5 heteroatoms. The van der Waals surface area contributed by atoms with Gasteiger partial charge in [0.05, 0.1) is 5.52 Å². The van der Waals surface area contributed by atoms with Crippen molar-refractivity contribution in [2.45, 2.75) is 6.92 Å². The summed E-state index contributed by atoms with van der Waals surface area (Å²) in [6, 6.07) is 13.6. The molecule has 1 heterocycles. The molecule has 1 N–H and O–H groups in total. The summed E-state index contributed by atoms with van der Waals surface area (Å²) in [4.78, 5) is 4.50. The third-order valence-electron chi connectivity index (χ3n) is 2.82. The Kier molecular flexibility index (Phi) is 5.55. The number of phenols is 1. The van der Waals surface area contributed by atoms with E-state index in [4.69, 9.17) is 0 Å². The zero-order valence-corrected chi connectivity index (χ0v) is 15.8. The van der Waals surface area contributed by atoms with Crippen molar-refractivity contribution in [3.8, 4) is 5.75 Å². The van der Waals surface area contributed by atoms with Crippen LogP contribution in [0.25, 0.3) is 21.7 Å². The van der Waals surface area contributed by atoms with E-state index in [1.54, 1.807) is 6.07 Å². The minimum absolute atomic E-state index is 0.145. The molecule has 19 heavy (non-hydrogen) atoms. The van der Waals surface area contributed by atoms with Crippen molar-refractivity contribution in [2.75, 3.05) is 0 Å².